The molecule has 0 bridgehead atoms. The first-order valence-corrected chi connectivity index (χ1v) is 4.71. The van der Waals surface area contributed by atoms with Crippen LogP contribution in [0.5, 0.6) is 5.75 Å². The maximum absolute atomic E-state index is 10.8. The molecule has 1 fully saturated rings. The molecular formula is C11H12O3. The highest BCUT2D eigenvalue weighted by Crippen LogP contribution is 2.19. The van der Waals surface area contributed by atoms with E-state index in [1.807, 2.05) is 12.1 Å². The number of phenolic OH excluding ortho intramolecular Hbond substituents is 1. The number of carbonyl (C=O) groups excluding carboxylic acids is 1. The number of ether oxygens (including phenoxy) is 1. The summed E-state index contributed by atoms with van der Waals surface area (Å²) < 4.78 is 5.09. The minimum Gasteiger partial charge on any atom is -0.508 e. The predicted molar refractivity (Wildman–Crippen MR) is 50.9 cm³/mol. The highest BCUT2D eigenvalue weighted by molar-refractivity contribution is 5.71. The average Bonchev–Trinajstić information content (AvgIpc) is 2.56. The SMILES string of the molecule is O=C1CC[C@@H](Cc2ccc(O)cc2)O1. The second-order valence-corrected chi connectivity index (χ2v) is 3.52. The van der Waals surface area contributed by atoms with Gasteiger partial charge in [-0.3, -0.25) is 4.79 Å². The predicted octanol–water partition coefficient (Wildman–Crippen LogP) is 1.64. The van der Waals surface area contributed by atoms with Crippen LogP contribution in [0.15, 0.2) is 24.3 Å². The first-order chi connectivity index (χ1) is 6.74. The molecule has 3 nitrogen and oxygen atoms in total. The van der Waals surface area contributed by atoms with Crippen LogP contribution in [-0.4, -0.2) is 17.2 Å². The zero-order valence-electron chi connectivity index (χ0n) is 7.77. The van der Waals surface area contributed by atoms with Crippen molar-refractivity contribution in [2.45, 2.75) is 25.4 Å². The van der Waals surface area contributed by atoms with Crippen LogP contribution in [-0.2, 0) is 16.0 Å². The molecule has 1 N–H and O–H groups in total. The molecule has 0 aromatic heterocycles. The first kappa shape index (κ1) is 9.06. The van der Waals surface area contributed by atoms with Gasteiger partial charge in [0.2, 0.25) is 0 Å². The van der Waals surface area contributed by atoms with Crippen molar-refractivity contribution in [3.8, 4) is 5.75 Å². The first-order valence-electron chi connectivity index (χ1n) is 4.71. The number of aromatic hydroxyl groups is 1. The van der Waals surface area contributed by atoms with Gasteiger partial charge in [-0.05, 0) is 24.1 Å². The highest BCUT2D eigenvalue weighted by atomic mass is 16.5. The Morgan fingerprint density at radius 2 is 2.07 bits per heavy atom. The van der Waals surface area contributed by atoms with E-state index >= 15 is 0 Å². The number of hydrogen-bond acceptors (Lipinski definition) is 3. The fourth-order valence-corrected chi connectivity index (χ4v) is 1.62. The van der Waals surface area contributed by atoms with E-state index in [1.165, 1.54) is 0 Å². The van der Waals surface area contributed by atoms with Gasteiger partial charge in [0.1, 0.15) is 11.9 Å². The van der Waals surface area contributed by atoms with Gasteiger partial charge < -0.3 is 9.84 Å². The Morgan fingerprint density at radius 1 is 1.36 bits per heavy atom. The van der Waals surface area contributed by atoms with Crippen molar-refractivity contribution in [3.05, 3.63) is 29.8 Å². The molecule has 74 valence electrons. The number of hydrogen-bond donors (Lipinski definition) is 1. The Morgan fingerprint density at radius 3 is 2.64 bits per heavy atom. The molecule has 0 saturated carbocycles. The minimum absolute atomic E-state index is 0.0204. The van der Waals surface area contributed by atoms with Crippen molar-refractivity contribution in [2.24, 2.45) is 0 Å². The van der Waals surface area contributed by atoms with Crippen LogP contribution >= 0.6 is 0 Å². The summed E-state index contributed by atoms with van der Waals surface area (Å²) in [5.74, 6) is 0.158. The summed E-state index contributed by atoms with van der Waals surface area (Å²) in [6.07, 6.45) is 2.10. The maximum atomic E-state index is 10.8. The smallest absolute Gasteiger partial charge is 0.306 e. The molecule has 0 unspecified atom stereocenters. The fourth-order valence-electron chi connectivity index (χ4n) is 1.62. The van der Waals surface area contributed by atoms with Crippen molar-refractivity contribution in [1.29, 1.82) is 0 Å². The molecule has 1 aromatic carbocycles. The zero-order chi connectivity index (χ0) is 9.97. The molecule has 14 heavy (non-hydrogen) atoms. The monoisotopic (exact) mass is 192 g/mol. The van der Waals surface area contributed by atoms with E-state index in [9.17, 15) is 4.79 Å². The molecule has 1 aliphatic rings. The zero-order valence-corrected chi connectivity index (χ0v) is 7.77. The number of phenols is 1. The van der Waals surface area contributed by atoms with Crippen LogP contribution in [0.25, 0.3) is 0 Å². The number of esters is 1. The summed E-state index contributed by atoms with van der Waals surface area (Å²) in [5.41, 5.74) is 1.09. The third-order valence-electron chi connectivity index (χ3n) is 2.37. The Hall–Kier alpha value is -1.51. The average molecular weight is 192 g/mol. The Kier molecular flexibility index (Phi) is 2.39. The van der Waals surface area contributed by atoms with Gasteiger partial charge >= 0.3 is 5.97 Å². The molecule has 0 amide bonds. The summed E-state index contributed by atoms with van der Waals surface area (Å²) in [7, 11) is 0. The second kappa shape index (κ2) is 3.70. The molecule has 0 spiro atoms. The standard InChI is InChI=1S/C11H12O3/c12-9-3-1-8(2-4-9)7-10-5-6-11(13)14-10/h1-4,10,12H,5-7H2/t10-/m0/s1. The molecule has 2 rings (SSSR count). The second-order valence-electron chi connectivity index (χ2n) is 3.52. The third kappa shape index (κ3) is 2.05. The molecule has 0 radical (unpaired) electrons. The van der Waals surface area contributed by atoms with E-state index in [0.717, 1.165) is 18.4 Å². The fraction of sp³-hybridized carbons (Fsp3) is 0.364. The van der Waals surface area contributed by atoms with Crippen molar-refractivity contribution < 1.29 is 14.6 Å². The van der Waals surface area contributed by atoms with Crippen molar-refractivity contribution in [3.63, 3.8) is 0 Å². The Balaban J connectivity index is 1.97. The van der Waals surface area contributed by atoms with Crippen LogP contribution in [0.3, 0.4) is 0 Å². The summed E-state index contributed by atoms with van der Waals surface area (Å²) in [6, 6.07) is 6.99. The Bertz CT molecular complexity index is 329. The van der Waals surface area contributed by atoms with Crippen molar-refractivity contribution >= 4 is 5.97 Å². The van der Waals surface area contributed by atoms with Gasteiger partial charge in [0, 0.05) is 12.8 Å². The summed E-state index contributed by atoms with van der Waals surface area (Å²) in [6.45, 7) is 0. The molecule has 1 saturated heterocycles. The van der Waals surface area contributed by atoms with Gasteiger partial charge in [-0.15, -0.1) is 0 Å². The lowest BCUT2D eigenvalue weighted by Gasteiger charge is -2.08. The van der Waals surface area contributed by atoms with Gasteiger partial charge in [-0.2, -0.15) is 0 Å². The molecule has 1 aromatic rings. The largest absolute Gasteiger partial charge is 0.508 e. The van der Waals surface area contributed by atoms with Crippen LogP contribution in [0.2, 0.25) is 0 Å². The number of rotatable bonds is 2. The van der Waals surface area contributed by atoms with Crippen molar-refractivity contribution in [1.82, 2.24) is 0 Å². The lowest BCUT2D eigenvalue weighted by Crippen LogP contribution is -2.10. The van der Waals surface area contributed by atoms with E-state index in [1.54, 1.807) is 12.1 Å². The van der Waals surface area contributed by atoms with Gasteiger partial charge in [0.25, 0.3) is 0 Å². The quantitative estimate of drug-likeness (QED) is 0.724. The molecule has 0 aliphatic carbocycles. The molecule has 1 aliphatic heterocycles. The molecule has 1 atom stereocenters. The number of carbonyl (C=O) groups is 1. The summed E-state index contributed by atoms with van der Waals surface area (Å²) in [4.78, 5) is 10.8. The molecular weight excluding hydrogens is 180 g/mol. The lowest BCUT2D eigenvalue weighted by atomic mass is 10.1. The Labute approximate surface area is 82.3 Å². The van der Waals surface area contributed by atoms with Crippen LogP contribution < -0.4 is 0 Å². The van der Waals surface area contributed by atoms with Crippen LogP contribution in [0, 0.1) is 0 Å². The minimum atomic E-state index is -0.103. The van der Waals surface area contributed by atoms with E-state index in [0.29, 0.717) is 6.42 Å². The van der Waals surface area contributed by atoms with E-state index < -0.39 is 0 Å². The normalized spacial score (nSPS) is 20.9. The van der Waals surface area contributed by atoms with Gasteiger partial charge in [-0.25, -0.2) is 0 Å². The lowest BCUT2D eigenvalue weighted by molar-refractivity contribution is -0.141. The highest BCUT2D eigenvalue weighted by Gasteiger charge is 2.23. The molecule has 3 heteroatoms. The van der Waals surface area contributed by atoms with E-state index in [4.69, 9.17) is 9.84 Å². The maximum Gasteiger partial charge on any atom is 0.306 e. The third-order valence-corrected chi connectivity index (χ3v) is 2.37. The number of benzene rings is 1. The molecule has 1 heterocycles. The van der Waals surface area contributed by atoms with Crippen LogP contribution in [0.4, 0.5) is 0 Å². The van der Waals surface area contributed by atoms with Crippen LogP contribution in [0.1, 0.15) is 18.4 Å². The van der Waals surface area contributed by atoms with E-state index in [-0.39, 0.29) is 17.8 Å². The summed E-state index contributed by atoms with van der Waals surface area (Å²) >= 11 is 0. The van der Waals surface area contributed by atoms with E-state index in [2.05, 4.69) is 0 Å². The topological polar surface area (TPSA) is 46.5 Å². The van der Waals surface area contributed by atoms with Gasteiger partial charge in [0.05, 0.1) is 0 Å². The van der Waals surface area contributed by atoms with Gasteiger partial charge in [0.15, 0.2) is 0 Å². The van der Waals surface area contributed by atoms with Gasteiger partial charge in [-0.1, -0.05) is 12.1 Å². The van der Waals surface area contributed by atoms with Crippen molar-refractivity contribution in [2.75, 3.05) is 0 Å². The number of cyclic esters (lactones) is 1. The summed E-state index contributed by atoms with van der Waals surface area (Å²) in [5, 5.41) is 9.07.